The van der Waals surface area contributed by atoms with Crippen LogP contribution in [0.1, 0.15) is 0 Å². The molecule has 0 aliphatic rings. The molecule has 0 fully saturated rings. The van der Waals surface area contributed by atoms with E-state index in [-0.39, 0.29) is 0 Å². The Morgan fingerprint density at radius 3 is 1.68 bits per heavy atom. The molecule has 0 bridgehead atoms. The van der Waals surface area contributed by atoms with Crippen molar-refractivity contribution in [3.63, 3.8) is 0 Å². The zero-order chi connectivity index (χ0) is 25.1. The standard InChI is InChI=1S/C36H22N2/c1-2-13-26-24(10-1)21-33(30-17-4-3-14-27(26)30)23-11-9-12-25(20-23)34-22-37-35-31-18-7-5-15-28(31)29-16-6-8-19-32(29)36(35)38-34/h1-22H. The van der Waals surface area contributed by atoms with Crippen LogP contribution in [0.3, 0.4) is 0 Å². The summed E-state index contributed by atoms with van der Waals surface area (Å²) in [6.45, 7) is 0. The fourth-order valence-corrected chi connectivity index (χ4v) is 5.90. The SMILES string of the molecule is c1cc(-c2cnc3c4ccccc4c4ccccc4c3n2)cc(-c2cc3ccccc3c3ccccc23)c1. The van der Waals surface area contributed by atoms with Crippen molar-refractivity contribution in [1.82, 2.24) is 9.97 Å². The first-order chi connectivity index (χ1) is 18.8. The van der Waals surface area contributed by atoms with E-state index < -0.39 is 0 Å². The highest BCUT2D eigenvalue weighted by Crippen LogP contribution is 2.37. The summed E-state index contributed by atoms with van der Waals surface area (Å²) in [4.78, 5) is 10.2. The molecule has 1 aromatic heterocycles. The van der Waals surface area contributed by atoms with E-state index in [0.29, 0.717) is 0 Å². The molecule has 0 amide bonds. The first-order valence-electron chi connectivity index (χ1n) is 12.9. The molecule has 0 saturated carbocycles. The molecule has 0 spiro atoms. The van der Waals surface area contributed by atoms with E-state index in [9.17, 15) is 0 Å². The summed E-state index contributed by atoms with van der Waals surface area (Å²) in [6, 6.07) is 45.3. The van der Waals surface area contributed by atoms with Gasteiger partial charge in [0.15, 0.2) is 0 Å². The van der Waals surface area contributed by atoms with Gasteiger partial charge in [-0.25, -0.2) is 4.98 Å². The van der Waals surface area contributed by atoms with Gasteiger partial charge >= 0.3 is 0 Å². The molecule has 0 atom stereocenters. The van der Waals surface area contributed by atoms with E-state index in [1.165, 1.54) is 43.4 Å². The van der Waals surface area contributed by atoms with Crippen LogP contribution in [-0.2, 0) is 0 Å². The molecule has 0 unspecified atom stereocenters. The lowest BCUT2D eigenvalue weighted by Gasteiger charge is -2.13. The van der Waals surface area contributed by atoms with E-state index in [0.717, 1.165) is 33.1 Å². The fourth-order valence-electron chi connectivity index (χ4n) is 5.90. The van der Waals surface area contributed by atoms with Crippen molar-refractivity contribution in [2.45, 2.75) is 0 Å². The third kappa shape index (κ3) is 3.14. The Balaban J connectivity index is 1.36. The number of hydrogen-bond acceptors (Lipinski definition) is 2. The quantitative estimate of drug-likeness (QED) is 0.229. The van der Waals surface area contributed by atoms with Crippen LogP contribution in [0, 0.1) is 0 Å². The monoisotopic (exact) mass is 482 g/mol. The smallest absolute Gasteiger partial charge is 0.0979 e. The fraction of sp³-hybridized carbons (Fsp3) is 0. The number of nitrogens with zero attached hydrogens (tertiary/aromatic N) is 2. The molecule has 0 radical (unpaired) electrons. The average molecular weight is 483 g/mol. The normalized spacial score (nSPS) is 11.7. The Hall–Kier alpha value is -5.08. The Bertz CT molecular complexity index is 2160. The minimum Gasteiger partial charge on any atom is -0.252 e. The lowest BCUT2D eigenvalue weighted by atomic mass is 9.92. The van der Waals surface area contributed by atoms with Gasteiger partial charge in [-0.05, 0) is 55.6 Å². The minimum absolute atomic E-state index is 0.880. The van der Waals surface area contributed by atoms with Gasteiger partial charge in [0.1, 0.15) is 0 Å². The van der Waals surface area contributed by atoms with Gasteiger partial charge in [-0.3, -0.25) is 4.98 Å². The molecular weight excluding hydrogens is 460 g/mol. The molecule has 2 nitrogen and oxygen atoms in total. The lowest BCUT2D eigenvalue weighted by molar-refractivity contribution is 1.31. The van der Waals surface area contributed by atoms with Crippen LogP contribution < -0.4 is 0 Å². The van der Waals surface area contributed by atoms with Crippen molar-refractivity contribution >= 4 is 54.1 Å². The van der Waals surface area contributed by atoms with Crippen LogP contribution in [-0.4, -0.2) is 9.97 Å². The second-order valence-corrected chi connectivity index (χ2v) is 9.82. The third-order valence-corrected chi connectivity index (χ3v) is 7.66. The molecule has 2 heteroatoms. The number of aromatic nitrogens is 2. The summed E-state index contributed by atoms with van der Waals surface area (Å²) in [7, 11) is 0. The highest BCUT2D eigenvalue weighted by molar-refractivity contribution is 6.23. The van der Waals surface area contributed by atoms with Crippen LogP contribution >= 0.6 is 0 Å². The van der Waals surface area contributed by atoms with Gasteiger partial charge in [-0.1, -0.05) is 115 Å². The number of hydrogen-bond donors (Lipinski definition) is 0. The molecule has 7 aromatic carbocycles. The van der Waals surface area contributed by atoms with Gasteiger partial charge in [0.05, 0.1) is 22.9 Å². The highest BCUT2D eigenvalue weighted by atomic mass is 14.8. The molecule has 0 N–H and O–H groups in total. The maximum absolute atomic E-state index is 5.21. The second-order valence-electron chi connectivity index (χ2n) is 9.82. The average Bonchev–Trinajstić information content (AvgIpc) is 3.00. The molecule has 0 saturated heterocycles. The first kappa shape index (κ1) is 21.0. The van der Waals surface area contributed by atoms with Gasteiger partial charge in [0.2, 0.25) is 0 Å². The van der Waals surface area contributed by atoms with Crippen LogP contribution in [0.4, 0.5) is 0 Å². The molecule has 0 aliphatic heterocycles. The van der Waals surface area contributed by atoms with Crippen molar-refractivity contribution in [1.29, 1.82) is 0 Å². The third-order valence-electron chi connectivity index (χ3n) is 7.66. The maximum atomic E-state index is 5.21. The lowest BCUT2D eigenvalue weighted by Crippen LogP contribution is -1.92. The van der Waals surface area contributed by atoms with Gasteiger partial charge in [-0.2, -0.15) is 0 Å². The number of fused-ring (bicyclic) bond motifs is 9. The summed E-state index contributed by atoms with van der Waals surface area (Å²) in [5.41, 5.74) is 6.23. The van der Waals surface area contributed by atoms with Crippen molar-refractivity contribution < 1.29 is 0 Å². The molecule has 0 aliphatic carbocycles. The predicted molar refractivity (Wildman–Crippen MR) is 160 cm³/mol. The summed E-state index contributed by atoms with van der Waals surface area (Å²) >= 11 is 0. The molecule has 38 heavy (non-hydrogen) atoms. The molecule has 1 heterocycles. The Kier molecular flexibility index (Phi) is 4.55. The van der Waals surface area contributed by atoms with E-state index in [2.05, 4.69) is 127 Å². The maximum Gasteiger partial charge on any atom is 0.0979 e. The Morgan fingerprint density at radius 2 is 0.947 bits per heavy atom. The minimum atomic E-state index is 0.880. The van der Waals surface area contributed by atoms with Crippen molar-refractivity contribution in [2.75, 3.05) is 0 Å². The van der Waals surface area contributed by atoms with Crippen molar-refractivity contribution in [3.05, 3.63) is 134 Å². The molecule has 176 valence electrons. The largest absolute Gasteiger partial charge is 0.252 e. The van der Waals surface area contributed by atoms with Crippen LogP contribution in [0.15, 0.2) is 134 Å². The van der Waals surface area contributed by atoms with Crippen LogP contribution in [0.25, 0.3) is 76.5 Å². The van der Waals surface area contributed by atoms with E-state index >= 15 is 0 Å². The Morgan fingerprint density at radius 1 is 0.395 bits per heavy atom. The van der Waals surface area contributed by atoms with Gasteiger partial charge in [0.25, 0.3) is 0 Å². The summed E-state index contributed by atoms with van der Waals surface area (Å²) in [5.74, 6) is 0. The highest BCUT2D eigenvalue weighted by Gasteiger charge is 2.13. The second kappa shape index (κ2) is 8.22. The van der Waals surface area contributed by atoms with E-state index in [1.807, 2.05) is 6.20 Å². The van der Waals surface area contributed by atoms with Crippen molar-refractivity contribution in [3.8, 4) is 22.4 Å². The first-order valence-corrected chi connectivity index (χ1v) is 12.9. The predicted octanol–water partition coefficient (Wildman–Crippen LogP) is 9.58. The van der Waals surface area contributed by atoms with Gasteiger partial charge < -0.3 is 0 Å². The van der Waals surface area contributed by atoms with Crippen LogP contribution in [0.5, 0.6) is 0 Å². The zero-order valence-electron chi connectivity index (χ0n) is 20.6. The molecule has 8 aromatic rings. The van der Waals surface area contributed by atoms with E-state index in [4.69, 9.17) is 9.97 Å². The van der Waals surface area contributed by atoms with Gasteiger partial charge in [-0.15, -0.1) is 0 Å². The van der Waals surface area contributed by atoms with E-state index in [1.54, 1.807) is 0 Å². The summed E-state index contributed by atoms with van der Waals surface area (Å²) in [6.07, 6.45) is 1.92. The Labute approximate surface area is 219 Å². The molecular formula is C36H22N2. The molecule has 8 rings (SSSR count). The number of rotatable bonds is 2. The topological polar surface area (TPSA) is 25.8 Å². The zero-order valence-corrected chi connectivity index (χ0v) is 20.6. The van der Waals surface area contributed by atoms with Crippen molar-refractivity contribution in [2.24, 2.45) is 0 Å². The number of benzene rings is 7. The van der Waals surface area contributed by atoms with Crippen LogP contribution in [0.2, 0.25) is 0 Å². The van der Waals surface area contributed by atoms with Gasteiger partial charge in [0, 0.05) is 16.3 Å². The summed E-state index contributed by atoms with van der Waals surface area (Å²) in [5, 5.41) is 9.74. The summed E-state index contributed by atoms with van der Waals surface area (Å²) < 4.78 is 0.